The minimum atomic E-state index is -4.70. The largest absolute Gasteiger partial charge is 0.480 e. The molecule has 51 heavy (non-hydrogen) atoms. The summed E-state index contributed by atoms with van der Waals surface area (Å²) < 4.78 is 32.6. The van der Waals surface area contributed by atoms with Gasteiger partial charge in [-0.2, -0.15) is 0 Å². The third-order valence-electron chi connectivity index (χ3n) is 8.76. The van der Waals surface area contributed by atoms with E-state index in [4.69, 9.17) is 24.8 Å². The van der Waals surface area contributed by atoms with E-state index in [1.54, 1.807) is 0 Å². The molecule has 4 N–H and O–H groups in total. The zero-order valence-corrected chi connectivity index (χ0v) is 33.1. The second-order valence-corrected chi connectivity index (χ2v) is 15.2. The van der Waals surface area contributed by atoms with Gasteiger partial charge in [0.25, 0.3) is 0 Å². The van der Waals surface area contributed by atoms with Crippen molar-refractivity contribution in [2.45, 2.75) is 199 Å². The first-order chi connectivity index (χ1) is 24.6. The Morgan fingerprint density at radius 3 is 1.45 bits per heavy atom. The smallest absolute Gasteiger partial charge is 0.472 e. The lowest BCUT2D eigenvalue weighted by molar-refractivity contribution is -0.161. The highest BCUT2D eigenvalue weighted by Gasteiger charge is 2.28. The Labute approximate surface area is 309 Å². The van der Waals surface area contributed by atoms with Crippen LogP contribution in [-0.2, 0) is 37.5 Å². The standard InChI is InChI=1S/C39H74NO10P/c1-3-5-7-9-11-13-15-16-17-18-19-20-21-23-24-26-28-30-37(41)47-32-35(33-48-51(45,46)49-34-36(40)39(43)44)50-38(42)31-29-27-25-22-14-12-10-8-6-4-2/h13,15,35-36H,3-12,14,16-34,40H2,1-2H3,(H,43,44)(H,45,46)/b15-13+/t35-,36+/m0/s1. The number of ether oxygens (including phenoxy) is 2. The first kappa shape index (κ1) is 49.2. The van der Waals surface area contributed by atoms with Gasteiger partial charge < -0.3 is 25.2 Å². The molecule has 0 aliphatic heterocycles. The lowest BCUT2D eigenvalue weighted by atomic mass is 10.1. The molecule has 0 aliphatic carbocycles. The zero-order valence-electron chi connectivity index (χ0n) is 32.2. The molecule has 0 spiro atoms. The SMILES string of the molecule is CCCCCC/C=C/CCCCCCCCCCCC(=O)OC[C@@H](COP(=O)(O)OC[C@@H](N)C(=O)O)OC(=O)CCCCCCCCCCCC. The molecule has 1 unspecified atom stereocenters. The fourth-order valence-electron chi connectivity index (χ4n) is 5.53. The lowest BCUT2D eigenvalue weighted by Gasteiger charge is -2.20. The number of nitrogens with two attached hydrogens (primary N) is 1. The molecule has 0 rings (SSSR count). The van der Waals surface area contributed by atoms with Crippen molar-refractivity contribution in [3.63, 3.8) is 0 Å². The van der Waals surface area contributed by atoms with E-state index in [0.717, 1.165) is 38.5 Å². The summed E-state index contributed by atoms with van der Waals surface area (Å²) in [7, 11) is -4.70. The van der Waals surface area contributed by atoms with E-state index < -0.39 is 51.1 Å². The molecule has 3 atom stereocenters. The molecule has 0 amide bonds. The van der Waals surface area contributed by atoms with Crippen molar-refractivity contribution in [1.82, 2.24) is 0 Å². The van der Waals surface area contributed by atoms with E-state index in [2.05, 4.69) is 30.5 Å². The number of carbonyl (C=O) groups is 3. The Morgan fingerprint density at radius 2 is 0.980 bits per heavy atom. The Hall–Kier alpha value is -1.78. The summed E-state index contributed by atoms with van der Waals surface area (Å²) in [6, 6.07) is -1.52. The minimum Gasteiger partial charge on any atom is -0.480 e. The summed E-state index contributed by atoms with van der Waals surface area (Å²) in [6.45, 7) is 2.77. The van der Waals surface area contributed by atoms with E-state index in [9.17, 15) is 23.8 Å². The average Bonchev–Trinajstić information content (AvgIpc) is 3.10. The molecule has 0 bridgehead atoms. The van der Waals surface area contributed by atoms with E-state index in [0.29, 0.717) is 12.8 Å². The van der Waals surface area contributed by atoms with Crippen LogP contribution in [0.2, 0.25) is 0 Å². The van der Waals surface area contributed by atoms with Gasteiger partial charge in [0.15, 0.2) is 6.10 Å². The molecular formula is C39H74NO10P. The molecule has 0 heterocycles. The van der Waals surface area contributed by atoms with Crippen LogP contribution in [0.1, 0.15) is 187 Å². The Kier molecular flexibility index (Phi) is 34.0. The molecule has 300 valence electrons. The Balaban J connectivity index is 4.33. The van der Waals surface area contributed by atoms with E-state index in [1.165, 1.54) is 109 Å². The maximum absolute atomic E-state index is 12.5. The van der Waals surface area contributed by atoms with Crippen molar-refractivity contribution >= 4 is 25.7 Å². The summed E-state index contributed by atoms with van der Waals surface area (Å²) in [5, 5.41) is 8.86. The summed E-state index contributed by atoms with van der Waals surface area (Å²) in [5.74, 6) is -2.37. The van der Waals surface area contributed by atoms with Crippen LogP contribution < -0.4 is 5.73 Å². The number of carboxylic acid groups (broad SMARTS) is 1. The van der Waals surface area contributed by atoms with Crippen LogP contribution in [0.4, 0.5) is 0 Å². The van der Waals surface area contributed by atoms with Gasteiger partial charge in [0.2, 0.25) is 0 Å². The van der Waals surface area contributed by atoms with Crippen molar-refractivity contribution in [2.75, 3.05) is 19.8 Å². The fourth-order valence-corrected chi connectivity index (χ4v) is 6.31. The fraction of sp³-hybridized carbons (Fsp3) is 0.872. The molecule has 0 aromatic rings. The molecule has 0 saturated heterocycles. The highest BCUT2D eigenvalue weighted by atomic mass is 31.2. The summed E-state index contributed by atoms with van der Waals surface area (Å²) in [5.41, 5.74) is 5.32. The van der Waals surface area contributed by atoms with Gasteiger partial charge in [0.1, 0.15) is 12.6 Å². The summed E-state index contributed by atoms with van der Waals surface area (Å²) >= 11 is 0. The number of carbonyl (C=O) groups excluding carboxylic acids is 2. The molecule has 0 fully saturated rings. The Morgan fingerprint density at radius 1 is 0.588 bits per heavy atom. The van der Waals surface area contributed by atoms with E-state index in [1.807, 2.05) is 0 Å². The van der Waals surface area contributed by atoms with Crippen molar-refractivity contribution in [3.05, 3.63) is 12.2 Å². The van der Waals surface area contributed by atoms with Crippen LogP contribution >= 0.6 is 7.82 Å². The second-order valence-electron chi connectivity index (χ2n) is 13.8. The molecule has 0 radical (unpaired) electrons. The quantitative estimate of drug-likeness (QED) is 0.0237. The highest BCUT2D eigenvalue weighted by molar-refractivity contribution is 7.47. The minimum absolute atomic E-state index is 0.165. The van der Waals surface area contributed by atoms with Crippen LogP contribution in [-0.4, -0.2) is 59.9 Å². The topological polar surface area (TPSA) is 172 Å². The second kappa shape index (κ2) is 35.3. The van der Waals surface area contributed by atoms with Crippen LogP contribution in [0.3, 0.4) is 0 Å². The van der Waals surface area contributed by atoms with Gasteiger partial charge in [0, 0.05) is 12.8 Å². The van der Waals surface area contributed by atoms with Crippen LogP contribution in [0, 0.1) is 0 Å². The maximum atomic E-state index is 12.5. The Bertz CT molecular complexity index is 932. The normalized spacial score (nSPS) is 14.0. The average molecular weight is 748 g/mol. The number of esters is 2. The van der Waals surface area contributed by atoms with Gasteiger partial charge in [-0.1, -0.05) is 148 Å². The number of hydrogen-bond donors (Lipinski definition) is 3. The molecule has 12 heteroatoms. The first-order valence-corrected chi connectivity index (χ1v) is 21.7. The number of rotatable bonds is 38. The lowest BCUT2D eigenvalue weighted by Crippen LogP contribution is -2.34. The monoisotopic (exact) mass is 748 g/mol. The number of carboxylic acids is 1. The summed E-state index contributed by atoms with van der Waals surface area (Å²) in [6.07, 6.45) is 32.8. The molecule has 0 saturated carbocycles. The zero-order chi connectivity index (χ0) is 37.8. The molecular weight excluding hydrogens is 673 g/mol. The van der Waals surface area contributed by atoms with Crippen molar-refractivity contribution < 1.29 is 47.5 Å². The van der Waals surface area contributed by atoms with E-state index in [-0.39, 0.29) is 19.4 Å². The number of hydrogen-bond acceptors (Lipinski definition) is 9. The van der Waals surface area contributed by atoms with Crippen molar-refractivity contribution in [3.8, 4) is 0 Å². The first-order valence-electron chi connectivity index (χ1n) is 20.2. The molecule has 11 nitrogen and oxygen atoms in total. The van der Waals surface area contributed by atoms with Gasteiger partial charge in [0.05, 0.1) is 13.2 Å². The summed E-state index contributed by atoms with van der Waals surface area (Å²) in [4.78, 5) is 45.7. The third-order valence-corrected chi connectivity index (χ3v) is 9.71. The van der Waals surface area contributed by atoms with Crippen molar-refractivity contribution in [2.24, 2.45) is 5.73 Å². The number of allylic oxidation sites excluding steroid dienone is 2. The van der Waals surface area contributed by atoms with Gasteiger partial charge in [-0.05, 0) is 38.5 Å². The predicted molar refractivity (Wildman–Crippen MR) is 203 cm³/mol. The van der Waals surface area contributed by atoms with E-state index >= 15 is 0 Å². The highest BCUT2D eigenvalue weighted by Crippen LogP contribution is 2.43. The number of unbranched alkanes of at least 4 members (excludes halogenated alkanes) is 22. The third kappa shape index (κ3) is 35.0. The molecule has 0 aromatic heterocycles. The molecule has 0 aliphatic rings. The van der Waals surface area contributed by atoms with Gasteiger partial charge in [-0.25, -0.2) is 4.57 Å². The number of aliphatic carboxylic acids is 1. The van der Waals surface area contributed by atoms with Gasteiger partial charge in [-0.15, -0.1) is 0 Å². The van der Waals surface area contributed by atoms with Crippen LogP contribution in [0.5, 0.6) is 0 Å². The van der Waals surface area contributed by atoms with Crippen LogP contribution in [0.15, 0.2) is 12.2 Å². The number of phosphoric ester groups is 1. The van der Waals surface area contributed by atoms with Gasteiger partial charge in [-0.3, -0.25) is 23.4 Å². The number of phosphoric acid groups is 1. The van der Waals surface area contributed by atoms with Crippen molar-refractivity contribution in [1.29, 1.82) is 0 Å². The van der Waals surface area contributed by atoms with Crippen LogP contribution in [0.25, 0.3) is 0 Å². The predicted octanol–water partition coefficient (Wildman–Crippen LogP) is 10.1. The molecule has 0 aromatic carbocycles. The maximum Gasteiger partial charge on any atom is 0.472 e. The van der Waals surface area contributed by atoms with Gasteiger partial charge >= 0.3 is 25.7 Å².